The van der Waals surface area contributed by atoms with E-state index in [1.54, 1.807) is 13.4 Å². The first kappa shape index (κ1) is 17.4. The molecule has 0 aliphatic carbocycles. The van der Waals surface area contributed by atoms with Gasteiger partial charge in [0.1, 0.15) is 11.3 Å². The summed E-state index contributed by atoms with van der Waals surface area (Å²) in [6.07, 6.45) is 4.79. The summed E-state index contributed by atoms with van der Waals surface area (Å²) < 4.78 is 16.5. The fourth-order valence-electron chi connectivity index (χ4n) is 3.86. The van der Waals surface area contributed by atoms with Crippen LogP contribution in [0.5, 0.6) is 5.75 Å². The molecule has 6 nitrogen and oxygen atoms in total. The summed E-state index contributed by atoms with van der Waals surface area (Å²) in [7, 11) is 1.63. The van der Waals surface area contributed by atoms with Gasteiger partial charge in [-0.25, -0.2) is 0 Å². The molecule has 0 radical (unpaired) electrons. The van der Waals surface area contributed by atoms with Gasteiger partial charge in [0, 0.05) is 56.3 Å². The molecule has 1 aromatic heterocycles. The number of hydrogen-bond acceptors (Lipinski definition) is 5. The first-order valence-corrected chi connectivity index (χ1v) is 9.39. The van der Waals surface area contributed by atoms with Gasteiger partial charge in [0.15, 0.2) is 0 Å². The van der Waals surface area contributed by atoms with Crippen molar-refractivity contribution in [2.45, 2.75) is 25.4 Å². The van der Waals surface area contributed by atoms with Crippen molar-refractivity contribution in [3.05, 3.63) is 30.0 Å². The number of hydrogen-bond donors (Lipinski definition) is 0. The second-order valence-electron chi connectivity index (χ2n) is 7.12. The van der Waals surface area contributed by atoms with Crippen LogP contribution < -0.4 is 4.74 Å². The number of carbonyl (C=O) groups excluding carboxylic acids is 1. The van der Waals surface area contributed by atoms with Gasteiger partial charge in [0.2, 0.25) is 5.91 Å². The molecule has 1 atom stereocenters. The van der Waals surface area contributed by atoms with Crippen molar-refractivity contribution in [1.82, 2.24) is 9.80 Å². The summed E-state index contributed by atoms with van der Waals surface area (Å²) in [6, 6.07) is 5.71. The number of piperazine rings is 1. The van der Waals surface area contributed by atoms with Gasteiger partial charge in [-0.05, 0) is 25.0 Å². The number of carbonyl (C=O) groups is 1. The molecule has 0 spiro atoms. The first-order valence-electron chi connectivity index (χ1n) is 9.39. The zero-order valence-corrected chi connectivity index (χ0v) is 15.3. The largest absolute Gasteiger partial charge is 0.497 e. The molecule has 3 heterocycles. The Morgan fingerprint density at radius 3 is 2.85 bits per heavy atom. The molecule has 26 heavy (non-hydrogen) atoms. The minimum absolute atomic E-state index is 0.167. The molecular weight excluding hydrogens is 332 g/mol. The monoisotopic (exact) mass is 358 g/mol. The third kappa shape index (κ3) is 3.71. The lowest BCUT2D eigenvalue weighted by Gasteiger charge is -2.35. The molecule has 0 saturated carbocycles. The van der Waals surface area contributed by atoms with E-state index in [0.29, 0.717) is 12.5 Å². The van der Waals surface area contributed by atoms with Crippen molar-refractivity contribution in [3.63, 3.8) is 0 Å². The quantitative estimate of drug-likeness (QED) is 0.821. The standard InChI is InChI=1S/C20H26N2O4/c1-24-16-4-5-18-15(14-26-19(18)12-16)11-20(23)22-8-6-21(7-9-22)13-17-3-2-10-25-17/h4-5,12,14,17H,2-3,6-11,13H2,1H3. The van der Waals surface area contributed by atoms with E-state index in [9.17, 15) is 4.79 Å². The van der Waals surface area contributed by atoms with Crippen molar-refractivity contribution in [3.8, 4) is 5.75 Å². The smallest absolute Gasteiger partial charge is 0.227 e. The van der Waals surface area contributed by atoms with E-state index >= 15 is 0 Å². The lowest BCUT2D eigenvalue weighted by Crippen LogP contribution is -2.50. The lowest BCUT2D eigenvalue weighted by molar-refractivity contribution is -0.132. The molecule has 140 valence electrons. The average Bonchev–Trinajstić information content (AvgIpc) is 3.32. The molecule has 2 aliphatic heterocycles. The second-order valence-corrected chi connectivity index (χ2v) is 7.12. The van der Waals surface area contributed by atoms with Crippen LogP contribution in [0.2, 0.25) is 0 Å². The van der Waals surface area contributed by atoms with E-state index in [0.717, 1.165) is 68.0 Å². The third-order valence-electron chi connectivity index (χ3n) is 5.42. The van der Waals surface area contributed by atoms with Crippen molar-refractivity contribution in [1.29, 1.82) is 0 Å². The Kier molecular flexibility index (Phi) is 5.13. The molecule has 1 amide bonds. The summed E-state index contributed by atoms with van der Waals surface area (Å²) in [4.78, 5) is 17.1. The van der Waals surface area contributed by atoms with Gasteiger partial charge in [-0.1, -0.05) is 0 Å². The van der Waals surface area contributed by atoms with Gasteiger partial charge in [-0.15, -0.1) is 0 Å². The summed E-state index contributed by atoms with van der Waals surface area (Å²) >= 11 is 0. The van der Waals surface area contributed by atoms with E-state index in [2.05, 4.69) is 4.90 Å². The SMILES string of the molecule is COc1ccc2c(CC(=O)N3CCN(CC4CCCO4)CC3)coc2c1. The van der Waals surface area contributed by atoms with Crippen LogP contribution in [-0.2, 0) is 16.0 Å². The van der Waals surface area contributed by atoms with E-state index < -0.39 is 0 Å². The molecule has 1 aromatic carbocycles. The molecule has 4 rings (SSSR count). The van der Waals surface area contributed by atoms with Crippen LogP contribution in [-0.4, -0.2) is 68.3 Å². The third-order valence-corrected chi connectivity index (χ3v) is 5.42. The highest BCUT2D eigenvalue weighted by atomic mass is 16.5. The van der Waals surface area contributed by atoms with Gasteiger partial charge in [-0.3, -0.25) is 9.69 Å². The van der Waals surface area contributed by atoms with E-state index in [1.165, 1.54) is 6.42 Å². The van der Waals surface area contributed by atoms with Crippen LogP contribution >= 0.6 is 0 Å². The summed E-state index contributed by atoms with van der Waals surface area (Å²) in [5.41, 5.74) is 1.70. The summed E-state index contributed by atoms with van der Waals surface area (Å²) in [6.45, 7) is 5.32. The molecule has 1 unspecified atom stereocenters. The van der Waals surface area contributed by atoms with E-state index in [-0.39, 0.29) is 5.91 Å². The fraction of sp³-hybridized carbons (Fsp3) is 0.550. The van der Waals surface area contributed by atoms with Crippen molar-refractivity contribution < 1.29 is 18.7 Å². The van der Waals surface area contributed by atoms with Crippen molar-refractivity contribution >= 4 is 16.9 Å². The van der Waals surface area contributed by atoms with Crippen LogP contribution in [0.4, 0.5) is 0 Å². The van der Waals surface area contributed by atoms with E-state index in [4.69, 9.17) is 13.9 Å². The molecule has 0 N–H and O–H groups in total. The fourth-order valence-corrected chi connectivity index (χ4v) is 3.86. The summed E-state index contributed by atoms with van der Waals surface area (Å²) in [5, 5.41) is 0.983. The predicted molar refractivity (Wildman–Crippen MR) is 98.5 cm³/mol. The number of furan rings is 1. The van der Waals surface area contributed by atoms with Gasteiger partial charge in [0.25, 0.3) is 0 Å². The van der Waals surface area contributed by atoms with Crippen molar-refractivity contribution in [2.75, 3.05) is 46.4 Å². The summed E-state index contributed by atoms with van der Waals surface area (Å²) in [5.74, 6) is 0.923. The Balaban J connectivity index is 1.32. The average molecular weight is 358 g/mol. The van der Waals surface area contributed by atoms with Gasteiger partial charge in [0.05, 0.1) is 25.9 Å². The highest BCUT2D eigenvalue weighted by molar-refractivity contribution is 5.88. The molecule has 2 fully saturated rings. The first-order chi connectivity index (χ1) is 12.7. The van der Waals surface area contributed by atoms with Gasteiger partial charge < -0.3 is 18.8 Å². The zero-order valence-electron chi connectivity index (χ0n) is 15.3. The predicted octanol–water partition coefficient (Wildman–Crippen LogP) is 2.31. The highest BCUT2D eigenvalue weighted by Gasteiger charge is 2.25. The van der Waals surface area contributed by atoms with Crippen molar-refractivity contribution in [2.24, 2.45) is 0 Å². The normalized spacial score (nSPS) is 21.4. The maximum Gasteiger partial charge on any atom is 0.227 e. The minimum atomic E-state index is 0.167. The number of rotatable bonds is 5. The molecular formula is C20H26N2O4. The Hall–Kier alpha value is -2.05. The molecule has 2 saturated heterocycles. The van der Waals surface area contributed by atoms with Gasteiger partial charge in [-0.2, -0.15) is 0 Å². The second kappa shape index (κ2) is 7.68. The molecule has 0 bridgehead atoms. The highest BCUT2D eigenvalue weighted by Crippen LogP contribution is 2.26. The molecule has 6 heteroatoms. The Bertz CT molecular complexity index is 758. The van der Waals surface area contributed by atoms with Gasteiger partial charge >= 0.3 is 0 Å². The Morgan fingerprint density at radius 1 is 1.27 bits per heavy atom. The number of fused-ring (bicyclic) bond motifs is 1. The zero-order chi connectivity index (χ0) is 17.9. The topological polar surface area (TPSA) is 55.2 Å². The number of nitrogens with zero attached hydrogens (tertiary/aromatic N) is 2. The maximum atomic E-state index is 12.7. The lowest BCUT2D eigenvalue weighted by atomic mass is 10.1. The van der Waals surface area contributed by atoms with Crippen LogP contribution in [0.1, 0.15) is 18.4 Å². The minimum Gasteiger partial charge on any atom is -0.497 e. The van der Waals surface area contributed by atoms with E-state index in [1.807, 2.05) is 23.1 Å². The number of ether oxygens (including phenoxy) is 2. The van der Waals surface area contributed by atoms with Crippen LogP contribution in [0.25, 0.3) is 11.0 Å². The number of benzene rings is 1. The Labute approximate surface area is 153 Å². The van der Waals surface area contributed by atoms with Crippen LogP contribution in [0.15, 0.2) is 28.9 Å². The molecule has 2 aliphatic rings. The maximum absolute atomic E-state index is 12.7. The van der Waals surface area contributed by atoms with Crippen LogP contribution in [0, 0.1) is 0 Å². The van der Waals surface area contributed by atoms with Crippen LogP contribution in [0.3, 0.4) is 0 Å². The molecule has 2 aromatic rings. The number of methoxy groups -OCH3 is 1. The Morgan fingerprint density at radius 2 is 2.12 bits per heavy atom. The number of amides is 1.